The van der Waals surface area contributed by atoms with Crippen molar-refractivity contribution in [2.45, 2.75) is 141 Å². The van der Waals surface area contributed by atoms with E-state index in [2.05, 4.69) is 5.32 Å². The number of esters is 3. The van der Waals surface area contributed by atoms with Gasteiger partial charge in [0.05, 0.1) is 29.6 Å². The maximum Gasteiger partial charge on any atom is 0.509 e. The molecule has 1 heterocycles. The van der Waals surface area contributed by atoms with Gasteiger partial charge in [-0.25, -0.2) is 24.0 Å². The summed E-state index contributed by atoms with van der Waals surface area (Å²) in [7, 11) is 0. The van der Waals surface area contributed by atoms with Crippen LogP contribution < -0.4 is 5.32 Å². The molecule has 78 heavy (non-hydrogen) atoms. The number of fused-ring (bicyclic) bond motifs is 5. The number of ketones is 1. The van der Waals surface area contributed by atoms with Crippen LogP contribution in [0.2, 0.25) is 0 Å². The van der Waals surface area contributed by atoms with Crippen LogP contribution in [-0.4, -0.2) is 112 Å². The first kappa shape index (κ1) is 56.6. The quantitative estimate of drug-likeness (QED) is 0.0614. The average molecular weight is 1080 g/mol. The minimum atomic E-state index is -2.55. The van der Waals surface area contributed by atoms with Crippen LogP contribution >= 0.6 is 0 Å². The largest absolute Gasteiger partial charge is 0.509 e. The molecule has 2 saturated carbocycles. The summed E-state index contributed by atoms with van der Waals surface area (Å²) in [5.74, 6) is -5.79. The third-order valence-electron chi connectivity index (χ3n) is 15.4. The van der Waals surface area contributed by atoms with E-state index in [1.165, 1.54) is 39.8 Å². The highest BCUT2D eigenvalue weighted by Crippen LogP contribution is 2.64. The van der Waals surface area contributed by atoms with Gasteiger partial charge in [0.2, 0.25) is 6.10 Å². The van der Waals surface area contributed by atoms with Crippen molar-refractivity contribution < 1.29 is 86.4 Å². The molecule has 3 N–H and O–H groups in total. The number of aliphatic hydroxyl groups excluding tert-OH is 1. The molecule has 0 aromatic heterocycles. The normalized spacial score (nSPS) is 27.7. The number of aliphatic hydroxyl groups is 2. The predicted molar refractivity (Wildman–Crippen MR) is 275 cm³/mol. The summed E-state index contributed by atoms with van der Waals surface area (Å²) < 4.78 is 53.7. The molecule has 7 unspecified atom stereocenters. The van der Waals surface area contributed by atoms with E-state index in [0.29, 0.717) is 11.1 Å². The highest BCUT2D eigenvalue weighted by atomic mass is 16.7. The fourth-order valence-electron chi connectivity index (χ4n) is 11.4. The minimum absolute atomic E-state index is 0.0185. The zero-order chi connectivity index (χ0) is 56.4. The summed E-state index contributed by atoms with van der Waals surface area (Å²) in [5.41, 5.74) is -8.18. The SMILES string of the molecule is CC(=O)O[C@@]12COC1CC(O)C1(C)C(=O)C(OC(=O)OCc3ccccc3)C3=C(C)[C@@H](OC(=O)[C@H](OC(=O)OCc4ccccc4)[C@@H](NC(=O)OC(C)(C)C)c4ccccc4)CC(O)(C(OC(=O)c4ccccc4)C12)C3(C)C. The van der Waals surface area contributed by atoms with Crippen molar-refractivity contribution in [3.8, 4) is 0 Å². The van der Waals surface area contributed by atoms with Crippen LogP contribution in [0.25, 0.3) is 0 Å². The number of hydrogen-bond acceptors (Lipinski definition) is 18. The monoisotopic (exact) mass is 1080 g/mol. The van der Waals surface area contributed by atoms with Crippen molar-refractivity contribution in [1.29, 1.82) is 0 Å². The number of carbonyl (C=O) groups excluding carboxylic acids is 7. The zero-order valence-corrected chi connectivity index (χ0v) is 44.6. The van der Waals surface area contributed by atoms with Gasteiger partial charge in [0.25, 0.3) is 0 Å². The number of hydrogen-bond donors (Lipinski definition) is 3. The first-order chi connectivity index (χ1) is 36.9. The van der Waals surface area contributed by atoms with Crippen LogP contribution in [0.4, 0.5) is 14.4 Å². The van der Waals surface area contributed by atoms with E-state index in [0.717, 1.165) is 6.92 Å². The summed E-state index contributed by atoms with van der Waals surface area (Å²) in [6.07, 6.45) is -15.2. The number of nitrogens with one attached hydrogen (secondary N) is 1. The Morgan fingerprint density at radius 3 is 1.86 bits per heavy atom. The molecule has 4 aromatic rings. The van der Waals surface area contributed by atoms with Gasteiger partial charge in [-0.05, 0) is 74.6 Å². The number of alkyl carbamates (subject to hydrolysis) is 1. The molecule has 1 aliphatic heterocycles. The van der Waals surface area contributed by atoms with E-state index in [9.17, 15) is 34.2 Å². The number of amides is 1. The zero-order valence-electron chi connectivity index (χ0n) is 44.6. The first-order valence-electron chi connectivity index (χ1n) is 25.6. The lowest BCUT2D eigenvalue weighted by Crippen LogP contribution is -2.82. The highest BCUT2D eigenvalue weighted by molar-refractivity contribution is 5.95. The third-order valence-corrected chi connectivity index (χ3v) is 15.4. The second-order valence-electron chi connectivity index (χ2n) is 21.8. The summed E-state index contributed by atoms with van der Waals surface area (Å²) in [4.78, 5) is 101. The van der Waals surface area contributed by atoms with Gasteiger partial charge >= 0.3 is 36.3 Å². The fourth-order valence-corrected chi connectivity index (χ4v) is 11.4. The van der Waals surface area contributed by atoms with E-state index in [4.69, 9.17) is 42.6 Å². The topological polar surface area (TPSA) is 255 Å². The Bertz CT molecular complexity index is 2910. The lowest BCUT2D eigenvalue weighted by Gasteiger charge is -2.67. The molecule has 19 heteroatoms. The Balaban J connectivity index is 1.30. The molecular formula is C59H65NO18. The smallest absolute Gasteiger partial charge is 0.455 e. The predicted octanol–water partition coefficient (Wildman–Crippen LogP) is 7.98. The van der Waals surface area contributed by atoms with Crippen molar-refractivity contribution >= 4 is 42.1 Å². The first-order valence-corrected chi connectivity index (χ1v) is 25.6. The number of Topliss-reactive ketones (excluding diaryl/α,β-unsaturated/α-hetero) is 1. The van der Waals surface area contributed by atoms with E-state index < -0.39 is 125 Å². The maximum atomic E-state index is 16.1. The van der Waals surface area contributed by atoms with E-state index in [1.54, 1.807) is 130 Å². The van der Waals surface area contributed by atoms with Crippen molar-refractivity contribution in [1.82, 2.24) is 5.32 Å². The molecule has 19 nitrogen and oxygen atoms in total. The van der Waals surface area contributed by atoms with Gasteiger partial charge in [-0.3, -0.25) is 9.59 Å². The number of rotatable bonds is 14. The molecule has 0 spiro atoms. The molecule has 4 aromatic carbocycles. The molecule has 1 amide bonds. The van der Waals surface area contributed by atoms with Crippen molar-refractivity contribution in [3.63, 3.8) is 0 Å². The van der Waals surface area contributed by atoms with E-state index in [-0.39, 0.29) is 48.5 Å². The Morgan fingerprint density at radius 2 is 1.32 bits per heavy atom. The van der Waals surface area contributed by atoms with Crippen LogP contribution in [0.1, 0.15) is 101 Å². The molecule has 3 fully saturated rings. The summed E-state index contributed by atoms with van der Waals surface area (Å²) >= 11 is 0. The fraction of sp³-hybridized carbons (Fsp3) is 0.441. The molecule has 4 aliphatic rings. The Morgan fingerprint density at radius 1 is 0.769 bits per heavy atom. The maximum absolute atomic E-state index is 16.1. The molecule has 8 rings (SSSR count). The summed E-state index contributed by atoms with van der Waals surface area (Å²) in [6.45, 7) is 10.9. The van der Waals surface area contributed by atoms with Crippen LogP contribution in [0.15, 0.2) is 132 Å². The molecule has 1 saturated heterocycles. The summed E-state index contributed by atoms with van der Waals surface area (Å²) in [6, 6.07) is 31.5. The molecule has 2 bridgehead atoms. The van der Waals surface area contributed by atoms with Gasteiger partial charge in [0.15, 0.2) is 17.5 Å². The number of ether oxygens (including phenoxy) is 9. The molecular weight excluding hydrogens is 1010 g/mol. The van der Waals surface area contributed by atoms with E-state index >= 15 is 9.59 Å². The Labute approximate surface area is 451 Å². The van der Waals surface area contributed by atoms with Gasteiger partial charge in [-0.15, -0.1) is 0 Å². The van der Waals surface area contributed by atoms with Crippen LogP contribution in [0, 0.1) is 16.7 Å². The average Bonchev–Trinajstić information content (AvgIpc) is 3.03. The summed E-state index contributed by atoms with van der Waals surface area (Å²) in [5, 5.41) is 29.2. The van der Waals surface area contributed by atoms with Gasteiger partial charge in [-0.1, -0.05) is 123 Å². The van der Waals surface area contributed by atoms with Crippen molar-refractivity contribution in [3.05, 3.63) is 155 Å². The van der Waals surface area contributed by atoms with E-state index in [1.807, 2.05) is 0 Å². The third kappa shape index (κ3) is 11.2. The van der Waals surface area contributed by atoms with Crippen LogP contribution in [0.5, 0.6) is 0 Å². The molecule has 414 valence electrons. The lowest BCUT2D eigenvalue weighted by atomic mass is 9.44. The molecule has 11 atom stereocenters. The van der Waals surface area contributed by atoms with Crippen molar-refractivity contribution in [2.75, 3.05) is 6.61 Å². The Hall–Kier alpha value is -7.61. The number of benzene rings is 4. The standard InChI is InChI=1S/C59H65NO18/c1-34-40(73-51(65)46(75-54(68)71-32-37-23-15-10-16-24-37)44(38-25-17-11-18-26-38)60-52(66)78-55(3,4)5)30-59(69)49(76-50(64)39-27-19-12-20-28-39)47-57(8,41(62)29-42-58(47,33-72-42)77-35(2)61)48(63)45(43(34)56(59,6)7)74-53(67)70-31-36-21-13-9-14-22-36/h9-28,40-42,44-47,49,62,69H,29-33H2,1-8H3,(H,60,66)/t40-,41?,42?,44-,45?,46+,47?,49?,57?,58-,59?/m0/s1. The van der Waals surface area contributed by atoms with Gasteiger partial charge in [0.1, 0.15) is 48.8 Å². The lowest BCUT2D eigenvalue weighted by molar-refractivity contribution is -0.346. The van der Waals surface area contributed by atoms with Gasteiger partial charge in [-0.2, -0.15) is 0 Å². The second-order valence-corrected chi connectivity index (χ2v) is 21.8. The van der Waals surface area contributed by atoms with Gasteiger partial charge in [0, 0.05) is 25.2 Å². The van der Waals surface area contributed by atoms with Crippen LogP contribution in [0.3, 0.4) is 0 Å². The second kappa shape index (κ2) is 22.4. The Kier molecular flexibility index (Phi) is 16.2. The highest BCUT2D eigenvalue weighted by Gasteiger charge is 2.78. The molecule has 0 radical (unpaired) electrons. The number of carbonyl (C=O) groups is 7. The van der Waals surface area contributed by atoms with Gasteiger partial charge < -0.3 is 58.2 Å². The molecule has 3 aliphatic carbocycles. The minimum Gasteiger partial charge on any atom is -0.455 e. The van der Waals surface area contributed by atoms with Crippen molar-refractivity contribution in [2.24, 2.45) is 16.7 Å². The van der Waals surface area contributed by atoms with Crippen LogP contribution in [-0.2, 0) is 70.2 Å².